The summed E-state index contributed by atoms with van der Waals surface area (Å²) >= 11 is 6.04. The molecule has 1 N–H and O–H groups in total. The van der Waals surface area contributed by atoms with E-state index in [1.54, 1.807) is 4.90 Å². The van der Waals surface area contributed by atoms with Crippen LogP contribution in [0.2, 0.25) is 5.02 Å². The molecule has 2 fully saturated rings. The van der Waals surface area contributed by atoms with Crippen molar-refractivity contribution in [2.75, 3.05) is 75.3 Å². The average molecular weight is 449 g/mol. The summed E-state index contributed by atoms with van der Waals surface area (Å²) in [6, 6.07) is 8.19. The van der Waals surface area contributed by atoms with E-state index in [1.165, 1.54) is 18.2 Å². The van der Waals surface area contributed by atoms with Gasteiger partial charge in [0.2, 0.25) is 0 Å². The molecule has 0 atom stereocenters. The number of benzene rings is 1. The first-order valence-corrected chi connectivity index (χ1v) is 10.8. The number of aliphatic hydroxyl groups excluding tert-OH is 1. The summed E-state index contributed by atoms with van der Waals surface area (Å²) < 4.78 is 14.1. The van der Waals surface area contributed by atoms with Crippen LogP contribution in [0.3, 0.4) is 0 Å². The normalized spacial score (nSPS) is 17.8. The number of hydrogen-bond acceptors (Lipinski definition) is 7. The highest BCUT2D eigenvalue weighted by molar-refractivity contribution is 6.33. The number of aliphatic hydroxyl groups is 1. The van der Waals surface area contributed by atoms with Gasteiger partial charge >= 0.3 is 0 Å². The Kier molecular flexibility index (Phi) is 6.84. The predicted octanol–water partition coefficient (Wildman–Crippen LogP) is 1.35. The summed E-state index contributed by atoms with van der Waals surface area (Å²) in [4.78, 5) is 20.8. The molecule has 0 unspecified atom stereocenters. The van der Waals surface area contributed by atoms with Gasteiger partial charge in [-0.25, -0.2) is 4.39 Å². The molecule has 2 aliphatic heterocycles. The van der Waals surface area contributed by atoms with Crippen LogP contribution in [0.15, 0.2) is 30.3 Å². The van der Waals surface area contributed by atoms with E-state index in [-0.39, 0.29) is 23.1 Å². The van der Waals surface area contributed by atoms with Crippen molar-refractivity contribution in [1.29, 1.82) is 0 Å². The highest BCUT2D eigenvalue weighted by Crippen LogP contribution is 2.23. The molecular weight excluding hydrogens is 423 g/mol. The van der Waals surface area contributed by atoms with Crippen molar-refractivity contribution < 1.29 is 14.3 Å². The minimum atomic E-state index is -0.599. The maximum atomic E-state index is 14.1. The third-order valence-corrected chi connectivity index (χ3v) is 6.13. The molecule has 1 aromatic carbocycles. The van der Waals surface area contributed by atoms with Crippen LogP contribution in [0, 0.1) is 5.82 Å². The van der Waals surface area contributed by atoms with Gasteiger partial charge in [-0.2, -0.15) is 0 Å². The van der Waals surface area contributed by atoms with E-state index >= 15 is 0 Å². The van der Waals surface area contributed by atoms with Gasteiger partial charge in [0, 0.05) is 58.9 Å². The zero-order valence-electron chi connectivity index (χ0n) is 17.3. The van der Waals surface area contributed by atoms with Crippen molar-refractivity contribution in [3.05, 3.63) is 46.7 Å². The Morgan fingerprint density at radius 3 is 2.03 bits per heavy atom. The van der Waals surface area contributed by atoms with Gasteiger partial charge in [-0.1, -0.05) is 17.7 Å². The van der Waals surface area contributed by atoms with E-state index < -0.39 is 5.82 Å². The van der Waals surface area contributed by atoms with Crippen molar-refractivity contribution in [2.24, 2.45) is 0 Å². The first kappa shape index (κ1) is 21.7. The average Bonchev–Trinajstić information content (AvgIpc) is 2.80. The van der Waals surface area contributed by atoms with Crippen molar-refractivity contribution >= 4 is 29.1 Å². The molecule has 2 aromatic rings. The van der Waals surface area contributed by atoms with Crippen LogP contribution in [-0.2, 0) is 0 Å². The van der Waals surface area contributed by atoms with Crippen LogP contribution < -0.4 is 9.80 Å². The lowest BCUT2D eigenvalue weighted by atomic mass is 10.1. The SMILES string of the molecule is O=C(c1c(F)cccc1Cl)N1CCN(c2ccc(N3CCN(CCO)CC3)nn2)CC1. The van der Waals surface area contributed by atoms with Gasteiger partial charge < -0.3 is 19.8 Å². The third kappa shape index (κ3) is 4.89. The standard InChI is InChI=1S/C21H26ClFN6O2/c22-16-2-1-3-17(23)20(16)21(31)29-12-10-28(11-13-29)19-5-4-18(24-25-19)27-8-6-26(7-9-27)14-15-30/h1-5,30H,6-15H2. The molecule has 0 aliphatic carbocycles. The van der Waals surface area contributed by atoms with Crippen LogP contribution in [0.5, 0.6) is 0 Å². The molecule has 1 amide bonds. The van der Waals surface area contributed by atoms with Gasteiger partial charge in [0.1, 0.15) is 5.82 Å². The Labute approximate surface area is 185 Å². The summed E-state index contributed by atoms with van der Waals surface area (Å²) in [6.07, 6.45) is 0. The van der Waals surface area contributed by atoms with Crippen molar-refractivity contribution in [1.82, 2.24) is 20.0 Å². The number of nitrogens with zero attached hydrogens (tertiary/aromatic N) is 6. The molecule has 1 aromatic heterocycles. The molecule has 166 valence electrons. The lowest BCUT2D eigenvalue weighted by Gasteiger charge is -2.36. The topological polar surface area (TPSA) is 76.0 Å². The summed E-state index contributed by atoms with van der Waals surface area (Å²) in [5.41, 5.74) is -0.0687. The molecular formula is C21H26ClFN6O2. The monoisotopic (exact) mass is 448 g/mol. The van der Waals surface area contributed by atoms with Crippen molar-refractivity contribution in [2.45, 2.75) is 0 Å². The third-order valence-electron chi connectivity index (χ3n) is 5.82. The maximum absolute atomic E-state index is 14.1. The first-order valence-electron chi connectivity index (χ1n) is 10.5. The van der Waals surface area contributed by atoms with Gasteiger partial charge in [-0.05, 0) is 24.3 Å². The highest BCUT2D eigenvalue weighted by atomic mass is 35.5. The summed E-state index contributed by atoms with van der Waals surface area (Å²) in [6.45, 7) is 6.48. The fourth-order valence-electron chi connectivity index (χ4n) is 4.00. The summed E-state index contributed by atoms with van der Waals surface area (Å²) in [7, 11) is 0. The molecule has 3 heterocycles. The minimum absolute atomic E-state index is 0.0687. The second-order valence-electron chi connectivity index (χ2n) is 7.68. The lowest BCUT2D eigenvalue weighted by Crippen LogP contribution is -2.49. The summed E-state index contributed by atoms with van der Waals surface area (Å²) in [5, 5.41) is 18.0. The van der Waals surface area contributed by atoms with E-state index in [0.29, 0.717) is 32.7 Å². The molecule has 8 nitrogen and oxygen atoms in total. The number of β-amino-alcohol motifs (C(OH)–C–C–N with tert-alkyl or cyclic N) is 1. The highest BCUT2D eigenvalue weighted by Gasteiger charge is 2.26. The maximum Gasteiger partial charge on any atom is 0.258 e. The van der Waals surface area contributed by atoms with E-state index in [0.717, 1.165) is 37.8 Å². The molecule has 4 rings (SSSR count). The number of anilines is 2. The van der Waals surface area contributed by atoms with Gasteiger partial charge in [0.15, 0.2) is 11.6 Å². The zero-order valence-corrected chi connectivity index (χ0v) is 18.0. The lowest BCUT2D eigenvalue weighted by molar-refractivity contribution is 0.0742. The second kappa shape index (κ2) is 9.76. The van der Waals surface area contributed by atoms with Gasteiger partial charge in [-0.3, -0.25) is 9.69 Å². The van der Waals surface area contributed by atoms with Crippen LogP contribution in [0.25, 0.3) is 0 Å². The van der Waals surface area contributed by atoms with E-state index in [1.807, 2.05) is 12.1 Å². The quantitative estimate of drug-likeness (QED) is 0.739. The number of amides is 1. The number of rotatable bonds is 5. The van der Waals surface area contributed by atoms with Crippen LogP contribution in [0.4, 0.5) is 16.0 Å². The second-order valence-corrected chi connectivity index (χ2v) is 8.09. The van der Waals surface area contributed by atoms with Gasteiger partial charge in [-0.15, -0.1) is 10.2 Å². The van der Waals surface area contributed by atoms with E-state index in [2.05, 4.69) is 24.9 Å². The van der Waals surface area contributed by atoms with Gasteiger partial charge in [0.25, 0.3) is 5.91 Å². The number of hydrogen-bond donors (Lipinski definition) is 1. The fourth-order valence-corrected chi connectivity index (χ4v) is 4.24. The number of halogens is 2. The van der Waals surface area contributed by atoms with E-state index in [9.17, 15) is 9.18 Å². The zero-order chi connectivity index (χ0) is 21.8. The Balaban J connectivity index is 1.33. The van der Waals surface area contributed by atoms with Gasteiger partial charge in [0.05, 0.1) is 17.2 Å². The molecule has 0 spiro atoms. The molecule has 0 radical (unpaired) electrons. The number of aromatic nitrogens is 2. The number of piperazine rings is 2. The van der Waals surface area contributed by atoms with Crippen LogP contribution in [0.1, 0.15) is 10.4 Å². The van der Waals surface area contributed by atoms with Crippen molar-refractivity contribution in [3.63, 3.8) is 0 Å². The predicted molar refractivity (Wildman–Crippen MR) is 117 cm³/mol. The molecule has 10 heteroatoms. The molecule has 0 saturated carbocycles. The molecule has 2 saturated heterocycles. The molecule has 0 bridgehead atoms. The first-order chi connectivity index (χ1) is 15.1. The Morgan fingerprint density at radius 1 is 0.935 bits per heavy atom. The van der Waals surface area contributed by atoms with Crippen LogP contribution in [-0.4, -0.2) is 96.5 Å². The molecule has 2 aliphatic rings. The fraction of sp³-hybridized carbons (Fsp3) is 0.476. The molecule has 31 heavy (non-hydrogen) atoms. The summed E-state index contributed by atoms with van der Waals surface area (Å²) in [5.74, 6) is 0.622. The minimum Gasteiger partial charge on any atom is -0.395 e. The smallest absolute Gasteiger partial charge is 0.258 e. The van der Waals surface area contributed by atoms with Crippen molar-refractivity contribution in [3.8, 4) is 0 Å². The van der Waals surface area contributed by atoms with Crippen LogP contribution >= 0.6 is 11.6 Å². The Hall–Kier alpha value is -2.49. The Morgan fingerprint density at radius 2 is 1.52 bits per heavy atom. The largest absolute Gasteiger partial charge is 0.395 e. The Bertz CT molecular complexity index is 879. The van der Waals surface area contributed by atoms with E-state index in [4.69, 9.17) is 16.7 Å². The number of carbonyl (C=O) groups is 1. The number of carbonyl (C=O) groups excluding carboxylic acids is 1.